The molecule has 0 radical (unpaired) electrons. The van der Waals surface area contributed by atoms with Crippen LogP contribution in [0.1, 0.15) is 49.8 Å². The quantitative estimate of drug-likeness (QED) is 0.880. The van der Waals surface area contributed by atoms with Gasteiger partial charge in [0.15, 0.2) is 0 Å². The first-order valence-corrected chi connectivity index (χ1v) is 7.10. The van der Waals surface area contributed by atoms with Crippen LogP contribution in [0.5, 0.6) is 0 Å². The second-order valence-electron chi connectivity index (χ2n) is 5.99. The second-order valence-corrected chi connectivity index (χ2v) is 5.99. The zero-order chi connectivity index (χ0) is 14.0. The number of aliphatic hydroxyl groups excluding tert-OH is 1. The molecule has 3 heteroatoms. The molecule has 3 nitrogen and oxygen atoms in total. The first-order chi connectivity index (χ1) is 8.94. The molecule has 1 unspecified atom stereocenters. The van der Waals surface area contributed by atoms with Crippen LogP contribution < -0.4 is 0 Å². The lowest BCUT2D eigenvalue weighted by molar-refractivity contribution is -0.0211. The number of aliphatic hydroxyl groups is 2. The van der Waals surface area contributed by atoms with Gasteiger partial charge < -0.3 is 15.1 Å². The Morgan fingerprint density at radius 1 is 1.21 bits per heavy atom. The van der Waals surface area contributed by atoms with Crippen molar-refractivity contribution in [2.24, 2.45) is 0 Å². The third kappa shape index (κ3) is 2.99. The van der Waals surface area contributed by atoms with Gasteiger partial charge in [0.25, 0.3) is 0 Å². The maximum absolute atomic E-state index is 10.9. The summed E-state index contributed by atoms with van der Waals surface area (Å²) in [4.78, 5) is 2.24. The van der Waals surface area contributed by atoms with E-state index in [1.807, 2.05) is 24.3 Å². The first-order valence-electron chi connectivity index (χ1n) is 7.10. The molecular formula is C16H25NO2. The molecule has 0 aliphatic heterocycles. The fourth-order valence-electron chi connectivity index (χ4n) is 3.15. The molecule has 0 bridgehead atoms. The van der Waals surface area contributed by atoms with Crippen molar-refractivity contribution in [3.8, 4) is 0 Å². The smallest absolute Gasteiger partial charge is 0.0901 e. The molecule has 1 saturated carbocycles. The topological polar surface area (TPSA) is 43.7 Å². The van der Waals surface area contributed by atoms with Crippen LogP contribution in [0.25, 0.3) is 0 Å². The lowest BCUT2D eigenvalue weighted by atomic mass is 9.75. The second kappa shape index (κ2) is 5.61. The molecule has 1 aliphatic carbocycles. The Morgan fingerprint density at radius 2 is 1.79 bits per heavy atom. The van der Waals surface area contributed by atoms with Crippen LogP contribution in [0.3, 0.4) is 0 Å². The van der Waals surface area contributed by atoms with Gasteiger partial charge in [-0.15, -0.1) is 0 Å². The van der Waals surface area contributed by atoms with Crippen LogP contribution >= 0.6 is 0 Å². The van der Waals surface area contributed by atoms with Crippen LogP contribution in [0, 0.1) is 0 Å². The van der Waals surface area contributed by atoms with E-state index in [1.54, 1.807) is 6.92 Å². The Kier molecular flexibility index (Phi) is 4.29. The Balaban J connectivity index is 2.23. The van der Waals surface area contributed by atoms with Crippen LogP contribution in [0.4, 0.5) is 0 Å². The molecule has 0 amide bonds. The molecule has 1 atom stereocenters. The maximum Gasteiger partial charge on any atom is 0.0901 e. The normalized spacial score (nSPS) is 29.5. The van der Waals surface area contributed by atoms with Crippen molar-refractivity contribution in [2.75, 3.05) is 14.1 Å². The Labute approximate surface area is 115 Å². The predicted octanol–water partition coefficient (Wildman–Crippen LogP) is 2.43. The molecule has 0 aromatic heterocycles. The van der Waals surface area contributed by atoms with Crippen LogP contribution in [-0.4, -0.2) is 35.3 Å². The fourth-order valence-corrected chi connectivity index (χ4v) is 3.15. The van der Waals surface area contributed by atoms with Crippen LogP contribution in [0.2, 0.25) is 0 Å². The van der Waals surface area contributed by atoms with Gasteiger partial charge in [-0.1, -0.05) is 24.3 Å². The standard InChI is InChI=1S/C16H25NO2/c1-12(18)14-6-4-5-7-15(14)16(19)10-8-13(9-11-16)17(2)3/h4-7,12-13,18-19H,8-11H2,1-3H3/t12?,13-,16+. The average Bonchev–Trinajstić information content (AvgIpc) is 2.39. The van der Waals surface area contributed by atoms with Crippen molar-refractivity contribution in [3.05, 3.63) is 35.4 Å². The molecular weight excluding hydrogens is 238 g/mol. The van der Waals surface area contributed by atoms with Gasteiger partial charge in [-0.3, -0.25) is 0 Å². The summed E-state index contributed by atoms with van der Waals surface area (Å²) in [5.41, 5.74) is 0.982. The highest BCUT2D eigenvalue weighted by molar-refractivity contribution is 5.34. The number of benzene rings is 1. The van der Waals surface area contributed by atoms with E-state index >= 15 is 0 Å². The molecule has 2 N–H and O–H groups in total. The molecule has 0 saturated heterocycles. The Morgan fingerprint density at radius 3 is 2.32 bits per heavy atom. The summed E-state index contributed by atoms with van der Waals surface area (Å²) in [6, 6.07) is 8.28. The minimum absolute atomic E-state index is 0.535. The van der Waals surface area contributed by atoms with E-state index < -0.39 is 11.7 Å². The first kappa shape index (κ1) is 14.5. The van der Waals surface area contributed by atoms with Crippen LogP contribution in [0.15, 0.2) is 24.3 Å². The van der Waals surface area contributed by atoms with Gasteiger partial charge in [-0.05, 0) is 57.8 Å². The van der Waals surface area contributed by atoms with Crippen molar-refractivity contribution in [3.63, 3.8) is 0 Å². The molecule has 1 aromatic carbocycles. The van der Waals surface area contributed by atoms with E-state index in [9.17, 15) is 10.2 Å². The molecule has 1 aromatic rings. The largest absolute Gasteiger partial charge is 0.389 e. The predicted molar refractivity (Wildman–Crippen MR) is 76.9 cm³/mol. The molecule has 2 rings (SSSR count). The van der Waals surface area contributed by atoms with Gasteiger partial charge in [-0.2, -0.15) is 0 Å². The lowest BCUT2D eigenvalue weighted by Gasteiger charge is -2.40. The Bertz CT molecular complexity index is 421. The number of nitrogens with zero attached hydrogens (tertiary/aromatic N) is 1. The SMILES string of the molecule is CC(O)c1ccccc1[C@]1(O)CC[C@@H](N(C)C)CC1. The zero-order valence-electron chi connectivity index (χ0n) is 12.1. The number of hydrogen-bond donors (Lipinski definition) is 2. The van der Waals surface area contributed by atoms with Gasteiger partial charge in [0.05, 0.1) is 11.7 Å². The third-order valence-electron chi connectivity index (χ3n) is 4.42. The zero-order valence-corrected chi connectivity index (χ0v) is 12.1. The maximum atomic E-state index is 10.9. The molecule has 0 heterocycles. The van der Waals surface area contributed by atoms with Gasteiger partial charge in [0.1, 0.15) is 0 Å². The summed E-state index contributed by atoms with van der Waals surface area (Å²) in [7, 11) is 4.19. The molecule has 0 spiro atoms. The van der Waals surface area contributed by atoms with Gasteiger partial charge in [-0.25, -0.2) is 0 Å². The number of hydrogen-bond acceptors (Lipinski definition) is 3. The summed E-state index contributed by atoms with van der Waals surface area (Å²) < 4.78 is 0. The monoisotopic (exact) mass is 263 g/mol. The highest BCUT2D eigenvalue weighted by Crippen LogP contribution is 2.40. The Hall–Kier alpha value is -0.900. The van der Waals surface area contributed by atoms with E-state index in [0.717, 1.165) is 36.8 Å². The third-order valence-corrected chi connectivity index (χ3v) is 4.42. The van der Waals surface area contributed by atoms with Gasteiger partial charge in [0, 0.05) is 6.04 Å². The van der Waals surface area contributed by atoms with E-state index in [2.05, 4.69) is 19.0 Å². The fraction of sp³-hybridized carbons (Fsp3) is 0.625. The van der Waals surface area contributed by atoms with E-state index in [0.29, 0.717) is 6.04 Å². The summed E-state index contributed by atoms with van der Waals surface area (Å²) >= 11 is 0. The molecule has 106 valence electrons. The van der Waals surface area contributed by atoms with Crippen molar-refractivity contribution in [1.82, 2.24) is 4.90 Å². The van der Waals surface area contributed by atoms with Crippen LogP contribution in [-0.2, 0) is 5.60 Å². The number of rotatable bonds is 3. The summed E-state index contributed by atoms with van der Waals surface area (Å²) in [5, 5.41) is 20.8. The summed E-state index contributed by atoms with van der Waals surface area (Å²) in [6.45, 7) is 1.76. The van der Waals surface area contributed by atoms with E-state index in [4.69, 9.17) is 0 Å². The summed E-state index contributed by atoms with van der Waals surface area (Å²) in [6.07, 6.45) is 2.99. The van der Waals surface area contributed by atoms with Crippen molar-refractivity contribution in [1.29, 1.82) is 0 Å². The lowest BCUT2D eigenvalue weighted by Crippen LogP contribution is -2.39. The molecule has 1 fully saturated rings. The van der Waals surface area contributed by atoms with Crippen molar-refractivity contribution >= 4 is 0 Å². The minimum atomic E-state index is -0.778. The molecule has 1 aliphatic rings. The van der Waals surface area contributed by atoms with Crippen molar-refractivity contribution in [2.45, 2.75) is 50.4 Å². The average molecular weight is 263 g/mol. The highest BCUT2D eigenvalue weighted by atomic mass is 16.3. The highest BCUT2D eigenvalue weighted by Gasteiger charge is 2.37. The molecule has 19 heavy (non-hydrogen) atoms. The van der Waals surface area contributed by atoms with Crippen molar-refractivity contribution < 1.29 is 10.2 Å². The van der Waals surface area contributed by atoms with Gasteiger partial charge >= 0.3 is 0 Å². The van der Waals surface area contributed by atoms with E-state index in [1.165, 1.54) is 0 Å². The van der Waals surface area contributed by atoms with Gasteiger partial charge in [0.2, 0.25) is 0 Å². The minimum Gasteiger partial charge on any atom is -0.389 e. The summed E-state index contributed by atoms with van der Waals surface area (Å²) in [5.74, 6) is 0. The van der Waals surface area contributed by atoms with E-state index in [-0.39, 0.29) is 0 Å².